The summed E-state index contributed by atoms with van der Waals surface area (Å²) >= 11 is 6.33. The molecule has 1 aliphatic heterocycles. The van der Waals surface area contributed by atoms with Gasteiger partial charge in [-0.3, -0.25) is 4.90 Å². The van der Waals surface area contributed by atoms with Gasteiger partial charge in [-0.15, -0.1) is 11.3 Å². The first-order valence-electron chi connectivity index (χ1n) is 10.9. The fourth-order valence-electron chi connectivity index (χ4n) is 3.42. The van der Waals surface area contributed by atoms with Crippen LogP contribution in [-0.4, -0.2) is 35.7 Å². The maximum absolute atomic E-state index is 11.9. The number of allylic oxidation sites excluding steroid dienone is 3. The summed E-state index contributed by atoms with van der Waals surface area (Å²) < 4.78 is 5.14. The molecular weight excluding hydrogens is 438 g/mol. The fourth-order valence-corrected chi connectivity index (χ4v) is 4.64. The van der Waals surface area contributed by atoms with Crippen LogP contribution in [0.25, 0.3) is 0 Å². The van der Waals surface area contributed by atoms with Crippen molar-refractivity contribution in [2.45, 2.75) is 40.2 Å². The number of rotatable bonds is 7. The molecule has 5 nitrogen and oxygen atoms in total. The number of nitrogens with two attached hydrogens (primary N) is 1. The molecule has 0 radical (unpaired) electrons. The number of benzene rings is 1. The summed E-state index contributed by atoms with van der Waals surface area (Å²) in [6.07, 6.45) is 7.74. The molecule has 32 heavy (non-hydrogen) atoms. The van der Waals surface area contributed by atoms with Gasteiger partial charge in [-0.1, -0.05) is 42.5 Å². The van der Waals surface area contributed by atoms with Gasteiger partial charge in [0.2, 0.25) is 0 Å². The first kappa shape index (κ1) is 25.8. The van der Waals surface area contributed by atoms with Crippen molar-refractivity contribution in [2.75, 3.05) is 19.7 Å². The highest BCUT2D eigenvalue weighted by Crippen LogP contribution is 2.29. The standard InChI is InChI=1S/C18H21NO2S.C7H12N2S/c1-2-21-18(20)16-13-22-17-12-19(11-9-15(16)17)10-8-14-6-4-3-5-7-14;1-3-5-6(4-2)9-7(8)10/h3-7,13H,2,8-12H2,1H3;3-5H,1-2H3,(H3,8,9,10)/b;5-3-,6-4+. The van der Waals surface area contributed by atoms with E-state index in [9.17, 15) is 4.79 Å². The van der Waals surface area contributed by atoms with Gasteiger partial charge < -0.3 is 15.8 Å². The SMILES string of the molecule is C/C=C\C(=C/C)NC(N)=S.CCOC(=O)c1csc2c1CCN(CCc1ccccc1)C2. The summed E-state index contributed by atoms with van der Waals surface area (Å²) in [5, 5.41) is 5.07. The maximum Gasteiger partial charge on any atom is 0.339 e. The second-order valence-electron chi connectivity index (χ2n) is 7.27. The smallest absolute Gasteiger partial charge is 0.339 e. The summed E-state index contributed by atoms with van der Waals surface area (Å²) in [7, 11) is 0. The van der Waals surface area contributed by atoms with Crippen molar-refractivity contribution in [2.24, 2.45) is 5.73 Å². The molecule has 172 valence electrons. The first-order valence-corrected chi connectivity index (χ1v) is 12.1. The zero-order chi connectivity index (χ0) is 23.3. The van der Waals surface area contributed by atoms with E-state index in [0.29, 0.717) is 11.7 Å². The normalized spacial score (nSPS) is 13.8. The van der Waals surface area contributed by atoms with E-state index >= 15 is 0 Å². The Bertz CT molecular complexity index is 936. The number of nitrogens with zero attached hydrogens (tertiary/aromatic N) is 1. The Morgan fingerprint density at radius 2 is 2.06 bits per heavy atom. The number of ether oxygens (including phenoxy) is 1. The van der Waals surface area contributed by atoms with Crippen LogP contribution in [-0.2, 0) is 24.1 Å². The van der Waals surface area contributed by atoms with E-state index in [1.807, 2.05) is 44.4 Å². The number of esters is 1. The van der Waals surface area contributed by atoms with E-state index in [4.69, 9.17) is 10.5 Å². The molecule has 2 aromatic rings. The number of thiocarbonyl (C=S) groups is 1. The Kier molecular flexibility index (Phi) is 11.1. The highest BCUT2D eigenvalue weighted by atomic mass is 32.1. The zero-order valence-electron chi connectivity index (χ0n) is 19.1. The highest BCUT2D eigenvalue weighted by molar-refractivity contribution is 7.80. The summed E-state index contributed by atoms with van der Waals surface area (Å²) in [5.74, 6) is -0.169. The first-order chi connectivity index (χ1) is 15.5. The van der Waals surface area contributed by atoms with Gasteiger partial charge in [0, 0.05) is 35.6 Å². The predicted octanol–water partition coefficient (Wildman–Crippen LogP) is 4.83. The minimum atomic E-state index is -0.169. The molecule has 1 aromatic heterocycles. The summed E-state index contributed by atoms with van der Waals surface area (Å²) in [6.45, 7) is 9.17. The van der Waals surface area contributed by atoms with E-state index in [1.54, 1.807) is 11.3 Å². The fraction of sp³-hybridized carbons (Fsp3) is 0.360. The van der Waals surface area contributed by atoms with E-state index in [1.165, 1.54) is 16.0 Å². The topological polar surface area (TPSA) is 67.6 Å². The highest BCUT2D eigenvalue weighted by Gasteiger charge is 2.24. The molecule has 0 saturated heterocycles. The number of carbonyl (C=O) groups excluding carboxylic acids is 1. The number of fused-ring (bicyclic) bond motifs is 1. The Morgan fingerprint density at radius 3 is 2.69 bits per heavy atom. The van der Waals surface area contributed by atoms with Crippen LogP contribution in [0.1, 0.15) is 47.1 Å². The van der Waals surface area contributed by atoms with Gasteiger partial charge in [-0.2, -0.15) is 0 Å². The van der Waals surface area contributed by atoms with Crippen LogP contribution in [0.15, 0.2) is 59.6 Å². The van der Waals surface area contributed by atoms with Crippen molar-refractivity contribution < 1.29 is 9.53 Å². The number of thiophene rings is 1. The van der Waals surface area contributed by atoms with Crippen LogP contribution in [0.2, 0.25) is 0 Å². The van der Waals surface area contributed by atoms with E-state index in [-0.39, 0.29) is 5.97 Å². The third-order valence-corrected chi connectivity index (χ3v) is 6.12. The lowest BCUT2D eigenvalue weighted by molar-refractivity contribution is 0.0525. The molecule has 1 aromatic carbocycles. The molecule has 2 heterocycles. The molecule has 3 rings (SSSR count). The van der Waals surface area contributed by atoms with Crippen molar-refractivity contribution in [3.63, 3.8) is 0 Å². The minimum Gasteiger partial charge on any atom is -0.462 e. The third kappa shape index (κ3) is 8.22. The molecule has 0 spiro atoms. The molecule has 0 amide bonds. The van der Waals surface area contributed by atoms with Gasteiger partial charge in [-0.25, -0.2) is 4.79 Å². The average molecular weight is 472 g/mol. The van der Waals surface area contributed by atoms with Gasteiger partial charge in [0.05, 0.1) is 12.2 Å². The van der Waals surface area contributed by atoms with Crippen LogP contribution in [0, 0.1) is 0 Å². The molecule has 0 atom stereocenters. The summed E-state index contributed by atoms with van der Waals surface area (Å²) in [4.78, 5) is 15.7. The van der Waals surface area contributed by atoms with E-state index in [0.717, 1.165) is 43.7 Å². The Balaban J connectivity index is 0.000000309. The molecule has 0 saturated carbocycles. The lowest BCUT2D eigenvalue weighted by atomic mass is 10.0. The van der Waals surface area contributed by atoms with E-state index < -0.39 is 0 Å². The van der Waals surface area contributed by atoms with Crippen LogP contribution < -0.4 is 11.1 Å². The number of carbonyl (C=O) groups is 1. The van der Waals surface area contributed by atoms with Crippen LogP contribution in [0.3, 0.4) is 0 Å². The number of hydrogen-bond acceptors (Lipinski definition) is 5. The third-order valence-electron chi connectivity index (χ3n) is 5.01. The maximum atomic E-state index is 11.9. The monoisotopic (exact) mass is 471 g/mol. The van der Waals surface area contributed by atoms with Gasteiger partial charge in [-0.05, 0) is 63.0 Å². The Morgan fingerprint density at radius 1 is 1.31 bits per heavy atom. The molecule has 7 heteroatoms. The number of nitrogens with one attached hydrogen (secondary N) is 1. The quantitative estimate of drug-likeness (QED) is 0.343. The van der Waals surface area contributed by atoms with Crippen LogP contribution in [0.5, 0.6) is 0 Å². The second-order valence-corrected chi connectivity index (χ2v) is 8.67. The van der Waals surface area contributed by atoms with Gasteiger partial charge in [0.15, 0.2) is 5.11 Å². The molecule has 1 aliphatic rings. The van der Waals surface area contributed by atoms with Crippen LogP contribution >= 0.6 is 23.6 Å². The van der Waals surface area contributed by atoms with E-state index in [2.05, 4.69) is 52.8 Å². The lowest BCUT2D eigenvalue weighted by Gasteiger charge is -2.27. The number of hydrogen-bond donors (Lipinski definition) is 2. The molecule has 0 aliphatic carbocycles. The molecule has 0 bridgehead atoms. The molecule has 3 N–H and O–H groups in total. The molecular formula is C25H33N3O2S2. The minimum absolute atomic E-state index is 0.169. The van der Waals surface area contributed by atoms with Crippen molar-refractivity contribution in [1.29, 1.82) is 0 Å². The summed E-state index contributed by atoms with van der Waals surface area (Å²) in [5.41, 5.74) is 9.54. The van der Waals surface area contributed by atoms with Crippen molar-refractivity contribution in [1.82, 2.24) is 10.2 Å². The molecule has 0 fully saturated rings. The largest absolute Gasteiger partial charge is 0.462 e. The Hall–Kier alpha value is -2.48. The zero-order valence-corrected chi connectivity index (χ0v) is 20.7. The van der Waals surface area contributed by atoms with Gasteiger partial charge in [0.1, 0.15) is 0 Å². The van der Waals surface area contributed by atoms with Crippen molar-refractivity contribution >= 4 is 34.6 Å². The molecule has 0 unspecified atom stereocenters. The average Bonchev–Trinajstić information content (AvgIpc) is 3.22. The van der Waals surface area contributed by atoms with Crippen LogP contribution in [0.4, 0.5) is 0 Å². The summed E-state index contributed by atoms with van der Waals surface area (Å²) in [6, 6.07) is 10.6. The van der Waals surface area contributed by atoms with Crippen molar-refractivity contribution in [3.8, 4) is 0 Å². The van der Waals surface area contributed by atoms with Gasteiger partial charge >= 0.3 is 5.97 Å². The predicted molar refractivity (Wildman–Crippen MR) is 138 cm³/mol. The second kappa shape index (κ2) is 13.8. The Labute approximate surface area is 201 Å². The lowest BCUT2D eigenvalue weighted by Crippen LogP contribution is -2.32. The van der Waals surface area contributed by atoms with Gasteiger partial charge in [0.25, 0.3) is 0 Å². The van der Waals surface area contributed by atoms with Crippen molar-refractivity contribution in [3.05, 3.63) is 81.2 Å².